The monoisotopic (exact) mass is 1040 g/mol. The Morgan fingerprint density at radius 2 is 0.622 bits per heavy atom. The van der Waals surface area contributed by atoms with Crippen molar-refractivity contribution in [2.75, 3.05) is 13.2 Å². The number of allylic oxidation sites excluding steroid dienone is 1. The van der Waals surface area contributed by atoms with Crippen molar-refractivity contribution in [2.24, 2.45) is 0 Å². The average molecular weight is 1040 g/mol. The zero-order valence-electron chi connectivity index (χ0n) is 50.4. The first-order valence-corrected chi connectivity index (χ1v) is 34.0. The van der Waals surface area contributed by atoms with Crippen molar-refractivity contribution in [1.82, 2.24) is 5.32 Å². The van der Waals surface area contributed by atoms with Crippen molar-refractivity contribution in [1.29, 1.82) is 0 Å². The molecule has 6 heteroatoms. The molecule has 440 valence electrons. The Morgan fingerprint density at radius 1 is 0.365 bits per heavy atom. The maximum atomic E-state index is 12.5. The molecule has 0 heterocycles. The van der Waals surface area contributed by atoms with Crippen LogP contribution < -0.4 is 5.32 Å². The number of aliphatic hydroxyl groups excluding tert-OH is 2. The fourth-order valence-corrected chi connectivity index (χ4v) is 10.9. The highest BCUT2D eigenvalue weighted by molar-refractivity contribution is 5.76. The number of nitrogens with one attached hydrogen (secondary N) is 1. The van der Waals surface area contributed by atoms with Crippen molar-refractivity contribution < 1.29 is 24.5 Å². The summed E-state index contributed by atoms with van der Waals surface area (Å²) in [5, 5.41) is 23.2. The number of rotatable bonds is 64. The third kappa shape index (κ3) is 59.8. The second-order valence-corrected chi connectivity index (χ2v) is 23.5. The molecule has 0 saturated carbocycles. The molecule has 0 radical (unpaired) electrons. The lowest BCUT2D eigenvalue weighted by atomic mass is 10.0. The van der Waals surface area contributed by atoms with Crippen LogP contribution in [0.1, 0.15) is 386 Å². The molecule has 0 aromatic carbocycles. The third-order valence-corrected chi connectivity index (χ3v) is 16.1. The number of hydrogen-bond acceptors (Lipinski definition) is 5. The summed E-state index contributed by atoms with van der Waals surface area (Å²) in [5.41, 5.74) is 0. The minimum Gasteiger partial charge on any atom is -0.466 e. The van der Waals surface area contributed by atoms with E-state index in [-0.39, 0.29) is 18.5 Å². The van der Waals surface area contributed by atoms with Gasteiger partial charge in [-0.2, -0.15) is 0 Å². The molecule has 0 aliphatic rings. The number of carbonyl (C=O) groups is 2. The van der Waals surface area contributed by atoms with E-state index < -0.39 is 12.1 Å². The van der Waals surface area contributed by atoms with Gasteiger partial charge in [-0.15, -0.1) is 0 Å². The smallest absolute Gasteiger partial charge is 0.305 e. The average Bonchev–Trinajstić information content (AvgIpc) is 3.40. The van der Waals surface area contributed by atoms with Crippen LogP contribution in [0.15, 0.2) is 12.2 Å². The van der Waals surface area contributed by atoms with Crippen molar-refractivity contribution >= 4 is 11.9 Å². The van der Waals surface area contributed by atoms with Crippen molar-refractivity contribution in [3.63, 3.8) is 0 Å². The summed E-state index contributed by atoms with van der Waals surface area (Å²) in [6, 6.07) is -0.629. The number of carbonyl (C=O) groups excluding carboxylic acids is 2. The van der Waals surface area contributed by atoms with Gasteiger partial charge in [-0.25, -0.2) is 0 Å². The predicted molar refractivity (Wildman–Crippen MR) is 324 cm³/mol. The molecule has 0 aliphatic heterocycles. The Labute approximate surface area is 463 Å². The Bertz CT molecular complexity index is 1110. The third-order valence-electron chi connectivity index (χ3n) is 16.1. The van der Waals surface area contributed by atoms with Gasteiger partial charge in [0.1, 0.15) is 0 Å². The summed E-state index contributed by atoms with van der Waals surface area (Å²) in [6.07, 6.45) is 78.4. The van der Waals surface area contributed by atoms with E-state index in [1.54, 1.807) is 6.08 Å². The maximum Gasteiger partial charge on any atom is 0.305 e. The highest BCUT2D eigenvalue weighted by Crippen LogP contribution is 2.19. The Hall–Kier alpha value is -1.40. The highest BCUT2D eigenvalue weighted by atomic mass is 16.5. The first kappa shape index (κ1) is 72.6. The van der Waals surface area contributed by atoms with Gasteiger partial charge in [-0.05, 0) is 32.1 Å². The van der Waals surface area contributed by atoms with E-state index in [2.05, 4.69) is 19.2 Å². The lowest BCUT2D eigenvalue weighted by molar-refractivity contribution is -0.143. The topological polar surface area (TPSA) is 95.9 Å². The molecule has 0 aromatic rings. The molecule has 3 N–H and O–H groups in total. The number of esters is 1. The number of aliphatic hydroxyl groups is 2. The molecule has 0 saturated heterocycles. The minimum atomic E-state index is -0.846. The van der Waals surface area contributed by atoms with Gasteiger partial charge in [0, 0.05) is 12.8 Å². The predicted octanol–water partition coefficient (Wildman–Crippen LogP) is 21.6. The quantitative estimate of drug-likeness (QED) is 0.0320. The van der Waals surface area contributed by atoms with E-state index in [9.17, 15) is 19.8 Å². The molecular formula is C68H133NO5. The van der Waals surface area contributed by atoms with Crippen LogP contribution in [0.25, 0.3) is 0 Å². The zero-order valence-corrected chi connectivity index (χ0v) is 50.4. The molecule has 6 nitrogen and oxygen atoms in total. The van der Waals surface area contributed by atoms with Crippen molar-refractivity contribution in [3.05, 3.63) is 12.2 Å². The molecule has 0 aromatic heterocycles. The van der Waals surface area contributed by atoms with Gasteiger partial charge in [0.2, 0.25) is 5.91 Å². The first-order valence-electron chi connectivity index (χ1n) is 34.0. The molecule has 2 unspecified atom stereocenters. The van der Waals surface area contributed by atoms with Gasteiger partial charge >= 0.3 is 5.97 Å². The molecule has 74 heavy (non-hydrogen) atoms. The van der Waals surface area contributed by atoms with Gasteiger partial charge in [-0.3, -0.25) is 9.59 Å². The summed E-state index contributed by atoms with van der Waals surface area (Å²) in [4.78, 5) is 24.6. The molecule has 0 fully saturated rings. The van der Waals surface area contributed by atoms with Crippen LogP contribution in [0, 0.1) is 0 Å². The fourth-order valence-electron chi connectivity index (χ4n) is 10.9. The summed E-state index contributed by atoms with van der Waals surface area (Å²) < 4.78 is 5.50. The Morgan fingerprint density at radius 3 is 0.919 bits per heavy atom. The second kappa shape index (κ2) is 64.1. The van der Waals surface area contributed by atoms with E-state index in [0.29, 0.717) is 19.4 Å². The van der Waals surface area contributed by atoms with Crippen LogP contribution in [0.5, 0.6) is 0 Å². The number of amides is 1. The normalized spacial score (nSPS) is 12.5. The van der Waals surface area contributed by atoms with Gasteiger partial charge in [0.15, 0.2) is 0 Å². The Balaban J connectivity index is 3.40. The Kier molecular flexibility index (Phi) is 62.9. The lowest BCUT2D eigenvalue weighted by Gasteiger charge is -2.20. The van der Waals surface area contributed by atoms with Gasteiger partial charge in [-0.1, -0.05) is 353 Å². The van der Waals surface area contributed by atoms with Crippen LogP contribution in [0.4, 0.5) is 0 Å². The number of hydrogen-bond donors (Lipinski definition) is 3. The second-order valence-electron chi connectivity index (χ2n) is 23.5. The van der Waals surface area contributed by atoms with Crippen LogP contribution in [-0.2, 0) is 14.3 Å². The summed E-state index contributed by atoms with van der Waals surface area (Å²) >= 11 is 0. The zero-order chi connectivity index (χ0) is 53.6. The number of ether oxygens (including phenoxy) is 1. The minimum absolute atomic E-state index is 0.0145. The first-order chi connectivity index (χ1) is 36.5. The lowest BCUT2D eigenvalue weighted by Crippen LogP contribution is -2.45. The van der Waals surface area contributed by atoms with E-state index in [1.807, 2.05) is 6.08 Å². The molecule has 0 spiro atoms. The summed E-state index contributed by atoms with van der Waals surface area (Å²) in [6.45, 7) is 4.94. The van der Waals surface area contributed by atoms with Crippen LogP contribution in [0.2, 0.25) is 0 Å². The molecule has 0 bridgehead atoms. The SMILES string of the molecule is CCCCCCCCCCCCCCCCCCCCC/C=C/C(O)C(CO)NC(=O)CCCCCCCCCCCCCCCCCCCCCCOC(=O)CCCCCCCCCCCCCCCCCC. The molecule has 0 aliphatic carbocycles. The molecule has 2 atom stereocenters. The van der Waals surface area contributed by atoms with Crippen LogP contribution in [0.3, 0.4) is 0 Å². The van der Waals surface area contributed by atoms with E-state index in [0.717, 1.165) is 38.5 Å². The standard InChI is InChI=1S/C68H133NO5/c1-3-5-7-9-11-13-15-17-19-21-22-23-26-29-32-36-40-44-48-52-56-60-66(71)65(64-70)69-67(72)61-57-53-49-45-41-37-33-30-27-24-25-28-31-35-39-43-47-51-55-59-63-74-68(73)62-58-54-50-46-42-38-34-20-18-16-14-12-10-8-6-4-2/h56,60,65-66,70-71H,3-55,57-59,61-64H2,1-2H3,(H,69,72)/b60-56+. The molecule has 0 rings (SSSR count). The maximum absolute atomic E-state index is 12.5. The number of unbranched alkanes of at least 4 members (excludes halogenated alkanes) is 53. The highest BCUT2D eigenvalue weighted by Gasteiger charge is 2.18. The van der Waals surface area contributed by atoms with E-state index in [1.165, 1.54) is 321 Å². The van der Waals surface area contributed by atoms with Gasteiger partial charge < -0.3 is 20.3 Å². The van der Waals surface area contributed by atoms with Crippen LogP contribution in [-0.4, -0.2) is 47.4 Å². The molecule has 1 amide bonds. The van der Waals surface area contributed by atoms with Gasteiger partial charge in [0.05, 0.1) is 25.4 Å². The van der Waals surface area contributed by atoms with E-state index >= 15 is 0 Å². The van der Waals surface area contributed by atoms with Gasteiger partial charge in [0.25, 0.3) is 0 Å². The van der Waals surface area contributed by atoms with E-state index in [4.69, 9.17) is 4.74 Å². The summed E-state index contributed by atoms with van der Waals surface area (Å²) in [5.74, 6) is -0.0509. The largest absolute Gasteiger partial charge is 0.466 e. The van der Waals surface area contributed by atoms with Crippen LogP contribution >= 0.6 is 0 Å². The summed E-state index contributed by atoms with van der Waals surface area (Å²) in [7, 11) is 0. The fraction of sp³-hybridized carbons (Fsp3) is 0.941. The van der Waals surface area contributed by atoms with Crippen molar-refractivity contribution in [3.8, 4) is 0 Å². The molecular weight excluding hydrogens is 911 g/mol. The van der Waals surface area contributed by atoms with Crippen molar-refractivity contribution in [2.45, 2.75) is 398 Å².